The van der Waals surface area contributed by atoms with E-state index in [4.69, 9.17) is 4.74 Å². The maximum atomic E-state index is 12.9. The van der Waals surface area contributed by atoms with Gasteiger partial charge in [-0.3, -0.25) is 0 Å². The van der Waals surface area contributed by atoms with Crippen LogP contribution in [0.3, 0.4) is 0 Å². The Morgan fingerprint density at radius 2 is 2.19 bits per heavy atom. The maximum absolute atomic E-state index is 12.9. The van der Waals surface area contributed by atoms with Gasteiger partial charge in [0.1, 0.15) is 5.60 Å². The van der Waals surface area contributed by atoms with Gasteiger partial charge >= 0.3 is 6.09 Å². The van der Waals surface area contributed by atoms with E-state index in [1.165, 1.54) is 5.56 Å². The Morgan fingerprint density at radius 1 is 1.41 bits per heavy atom. The highest BCUT2D eigenvalue weighted by Gasteiger charge is 2.64. The van der Waals surface area contributed by atoms with E-state index in [9.17, 15) is 10.1 Å². The second kappa shape index (κ2) is 7.83. The minimum Gasteiger partial charge on any atom is -0.444 e. The van der Waals surface area contributed by atoms with E-state index in [0.717, 1.165) is 49.5 Å². The average molecular weight is 433 g/mol. The van der Waals surface area contributed by atoms with Crippen LogP contribution in [0.4, 0.5) is 4.79 Å². The van der Waals surface area contributed by atoms with Crippen molar-refractivity contribution in [1.82, 2.24) is 4.90 Å². The minimum absolute atomic E-state index is 0.146. The summed E-state index contributed by atoms with van der Waals surface area (Å²) in [7, 11) is 0. The summed E-state index contributed by atoms with van der Waals surface area (Å²) in [4.78, 5) is 14.9. The van der Waals surface area contributed by atoms with Crippen LogP contribution in [0, 0.1) is 17.2 Å². The fourth-order valence-electron chi connectivity index (χ4n) is 4.57. The van der Waals surface area contributed by atoms with Crippen molar-refractivity contribution in [3.63, 3.8) is 0 Å². The number of benzene rings is 1. The monoisotopic (exact) mass is 432 g/mol. The van der Waals surface area contributed by atoms with Gasteiger partial charge in [-0.15, -0.1) is 0 Å². The lowest BCUT2D eigenvalue weighted by Gasteiger charge is -2.32. The highest BCUT2D eigenvalue weighted by atomic mass is 79.9. The number of fused-ring (bicyclic) bond motifs is 1. The molecule has 1 aromatic carbocycles. The van der Waals surface area contributed by atoms with Gasteiger partial charge < -0.3 is 9.64 Å². The van der Waals surface area contributed by atoms with Crippen LogP contribution >= 0.6 is 15.9 Å². The first kappa shape index (κ1) is 20.2. The summed E-state index contributed by atoms with van der Waals surface area (Å²) in [5.41, 5.74) is 1.65. The lowest BCUT2D eigenvalue weighted by atomic mass is 9.92. The molecule has 5 heteroatoms. The highest BCUT2D eigenvalue weighted by Crippen LogP contribution is 2.65. The van der Waals surface area contributed by atoms with E-state index in [-0.39, 0.29) is 17.6 Å². The van der Waals surface area contributed by atoms with Crippen molar-refractivity contribution in [3.05, 3.63) is 35.4 Å². The minimum atomic E-state index is -0.481. The molecule has 2 saturated carbocycles. The summed E-state index contributed by atoms with van der Waals surface area (Å²) in [6, 6.07) is 10.5. The Kier molecular flexibility index (Phi) is 5.86. The van der Waals surface area contributed by atoms with Gasteiger partial charge in [0.15, 0.2) is 0 Å². The maximum Gasteiger partial charge on any atom is 0.410 e. The number of hydrogen-bond donors (Lipinski definition) is 0. The summed E-state index contributed by atoms with van der Waals surface area (Å²) < 4.78 is 5.72. The first-order valence-electron chi connectivity index (χ1n) is 9.87. The van der Waals surface area contributed by atoms with Crippen molar-refractivity contribution in [2.24, 2.45) is 5.92 Å². The predicted molar refractivity (Wildman–Crippen MR) is 110 cm³/mol. The zero-order valence-corrected chi connectivity index (χ0v) is 18.1. The number of ether oxygens (including phenoxy) is 1. The van der Waals surface area contributed by atoms with Crippen molar-refractivity contribution in [3.8, 4) is 6.07 Å². The van der Waals surface area contributed by atoms with E-state index in [0.29, 0.717) is 5.92 Å². The summed E-state index contributed by atoms with van der Waals surface area (Å²) in [5, 5.41) is 10.2. The standard InChI is InChI=1S/C22H29BrN2O2/c1-21(2,3)27-20(26)25(12-5-4-11-23)19-9-10-22(14-18(19)22)17-8-6-7-16(13-17)15-24/h6-8,13,18-19H,4-5,9-12,14H2,1-3H3/t18-,19-,22-/m1/s1. The Bertz CT molecular complexity index is 737. The van der Waals surface area contributed by atoms with E-state index in [1.54, 1.807) is 0 Å². The van der Waals surface area contributed by atoms with Crippen LogP contribution < -0.4 is 0 Å². The third-order valence-corrected chi connectivity index (χ3v) is 6.42. The third kappa shape index (κ3) is 4.32. The SMILES string of the molecule is CC(C)(C)OC(=O)N(CCCCBr)[C@@H]1CC[C@]2(c3cccc(C#N)c3)C[C@H]12. The molecular formula is C22H29BrN2O2. The molecule has 0 aliphatic heterocycles. The molecule has 3 atom stereocenters. The molecule has 146 valence electrons. The molecule has 2 aliphatic rings. The number of unbranched alkanes of at least 4 members (excludes halogenated alkanes) is 1. The van der Waals surface area contributed by atoms with Crippen molar-refractivity contribution in [2.45, 2.75) is 69.9 Å². The van der Waals surface area contributed by atoms with Crippen molar-refractivity contribution in [1.29, 1.82) is 5.26 Å². The topological polar surface area (TPSA) is 53.3 Å². The van der Waals surface area contributed by atoms with E-state index >= 15 is 0 Å². The van der Waals surface area contributed by atoms with Gasteiger partial charge in [0, 0.05) is 23.3 Å². The van der Waals surface area contributed by atoms with Crippen LogP contribution in [0.25, 0.3) is 0 Å². The Labute approximate surface area is 171 Å². The molecule has 2 aliphatic carbocycles. The second-order valence-electron chi connectivity index (χ2n) is 8.84. The zero-order valence-electron chi connectivity index (χ0n) is 16.5. The van der Waals surface area contributed by atoms with Gasteiger partial charge in [-0.1, -0.05) is 28.1 Å². The van der Waals surface area contributed by atoms with E-state index in [2.05, 4.69) is 28.1 Å². The lowest BCUT2D eigenvalue weighted by molar-refractivity contribution is 0.0141. The van der Waals surface area contributed by atoms with Gasteiger partial charge in [-0.25, -0.2) is 4.79 Å². The van der Waals surface area contributed by atoms with Gasteiger partial charge in [-0.05, 0) is 76.5 Å². The number of nitriles is 1. The molecular weight excluding hydrogens is 404 g/mol. The van der Waals surface area contributed by atoms with Crippen molar-refractivity contribution in [2.75, 3.05) is 11.9 Å². The second-order valence-corrected chi connectivity index (χ2v) is 9.63. The summed E-state index contributed by atoms with van der Waals surface area (Å²) >= 11 is 3.48. The number of alkyl halides is 1. The Hall–Kier alpha value is -1.54. The molecule has 1 aromatic rings. The largest absolute Gasteiger partial charge is 0.444 e. The predicted octanol–water partition coefficient (Wildman–Crippen LogP) is 5.39. The van der Waals surface area contributed by atoms with Crippen molar-refractivity contribution < 1.29 is 9.53 Å². The quantitative estimate of drug-likeness (QED) is 0.447. The number of carbonyl (C=O) groups is 1. The number of amides is 1. The number of carbonyl (C=O) groups excluding carboxylic acids is 1. The summed E-state index contributed by atoms with van der Waals surface area (Å²) in [6.45, 7) is 6.51. The van der Waals surface area contributed by atoms with Crippen LogP contribution in [0.5, 0.6) is 0 Å². The molecule has 0 heterocycles. The molecule has 0 radical (unpaired) electrons. The zero-order chi connectivity index (χ0) is 19.7. The number of halogens is 1. The third-order valence-electron chi connectivity index (χ3n) is 5.86. The van der Waals surface area contributed by atoms with Gasteiger partial charge in [0.05, 0.1) is 11.6 Å². The molecule has 27 heavy (non-hydrogen) atoms. The molecule has 0 unspecified atom stereocenters. The van der Waals surface area contributed by atoms with Crippen LogP contribution in [-0.4, -0.2) is 34.5 Å². The van der Waals surface area contributed by atoms with E-state index in [1.807, 2.05) is 43.9 Å². The van der Waals surface area contributed by atoms with Gasteiger partial charge in [0.2, 0.25) is 0 Å². The van der Waals surface area contributed by atoms with Crippen LogP contribution in [0.2, 0.25) is 0 Å². The normalized spacial score (nSPS) is 26.2. The average Bonchev–Trinajstić information content (AvgIpc) is 3.25. The Morgan fingerprint density at radius 3 is 2.81 bits per heavy atom. The molecule has 2 fully saturated rings. The smallest absolute Gasteiger partial charge is 0.410 e. The van der Waals surface area contributed by atoms with Crippen LogP contribution in [0.15, 0.2) is 24.3 Å². The van der Waals surface area contributed by atoms with Crippen LogP contribution in [0.1, 0.15) is 64.0 Å². The molecule has 0 bridgehead atoms. The van der Waals surface area contributed by atoms with Crippen molar-refractivity contribution >= 4 is 22.0 Å². The molecule has 4 nitrogen and oxygen atoms in total. The fraction of sp³-hybridized carbons (Fsp3) is 0.636. The molecule has 0 aromatic heterocycles. The first-order valence-corrected chi connectivity index (χ1v) is 11.0. The van der Waals surface area contributed by atoms with Gasteiger partial charge in [-0.2, -0.15) is 5.26 Å². The van der Waals surface area contributed by atoms with E-state index < -0.39 is 5.60 Å². The number of nitrogens with zero attached hydrogens (tertiary/aromatic N) is 2. The molecule has 3 rings (SSSR count). The highest BCUT2D eigenvalue weighted by molar-refractivity contribution is 9.09. The van der Waals surface area contributed by atoms with Crippen LogP contribution in [-0.2, 0) is 10.2 Å². The molecule has 1 amide bonds. The molecule has 0 spiro atoms. The molecule has 0 N–H and O–H groups in total. The lowest BCUT2D eigenvalue weighted by Crippen LogP contribution is -2.44. The summed E-state index contributed by atoms with van der Waals surface area (Å²) in [6.07, 6.45) is 5.03. The summed E-state index contributed by atoms with van der Waals surface area (Å²) in [5.74, 6) is 0.475. The fourth-order valence-corrected chi connectivity index (χ4v) is 4.97. The number of hydrogen-bond acceptors (Lipinski definition) is 3. The first-order chi connectivity index (χ1) is 12.8. The molecule has 0 saturated heterocycles. The number of rotatable bonds is 6. The van der Waals surface area contributed by atoms with Gasteiger partial charge in [0.25, 0.3) is 0 Å². The Balaban J connectivity index is 1.76.